The van der Waals surface area contributed by atoms with Crippen LogP contribution >= 0.6 is 0 Å². The van der Waals surface area contributed by atoms with Crippen molar-refractivity contribution in [3.63, 3.8) is 0 Å². The predicted molar refractivity (Wildman–Crippen MR) is 102 cm³/mol. The Morgan fingerprint density at radius 2 is 2.14 bits per heavy atom. The van der Waals surface area contributed by atoms with Crippen molar-refractivity contribution in [1.82, 2.24) is 9.88 Å². The van der Waals surface area contributed by atoms with E-state index in [4.69, 9.17) is 9.15 Å². The summed E-state index contributed by atoms with van der Waals surface area (Å²) in [5, 5.41) is 2.64. The minimum atomic E-state index is -3.09. The quantitative estimate of drug-likeness (QED) is 0.728. The van der Waals surface area contributed by atoms with Gasteiger partial charge in [0.1, 0.15) is 5.76 Å². The number of esters is 1. The van der Waals surface area contributed by atoms with E-state index in [-0.39, 0.29) is 11.5 Å². The zero-order valence-corrected chi connectivity index (χ0v) is 16.9. The van der Waals surface area contributed by atoms with Crippen LogP contribution in [-0.2, 0) is 25.9 Å². The molecule has 0 saturated carbocycles. The van der Waals surface area contributed by atoms with Crippen molar-refractivity contribution in [2.24, 2.45) is 0 Å². The SMILES string of the molecule is Cc1cc(C(=O)O[C@H](C)C(=O)N[C@H]2CCS(=O)(=O)C2)c(C)n1Cc1ccco1. The van der Waals surface area contributed by atoms with E-state index in [2.05, 4.69) is 5.32 Å². The van der Waals surface area contributed by atoms with Gasteiger partial charge in [-0.3, -0.25) is 4.79 Å². The molecule has 9 heteroatoms. The average molecular weight is 408 g/mol. The second-order valence-electron chi connectivity index (χ2n) is 7.11. The van der Waals surface area contributed by atoms with Crippen LogP contribution in [0.1, 0.15) is 40.9 Å². The first-order valence-corrected chi connectivity index (χ1v) is 10.9. The van der Waals surface area contributed by atoms with Crippen LogP contribution in [0.5, 0.6) is 0 Å². The van der Waals surface area contributed by atoms with Crippen LogP contribution in [0.15, 0.2) is 28.9 Å². The molecule has 2 aromatic rings. The zero-order valence-electron chi connectivity index (χ0n) is 16.1. The lowest BCUT2D eigenvalue weighted by atomic mass is 10.2. The lowest BCUT2D eigenvalue weighted by molar-refractivity contribution is -0.129. The van der Waals surface area contributed by atoms with Gasteiger partial charge in [-0.25, -0.2) is 13.2 Å². The first kappa shape index (κ1) is 20.2. The summed E-state index contributed by atoms with van der Waals surface area (Å²) in [6.07, 6.45) is 0.945. The summed E-state index contributed by atoms with van der Waals surface area (Å²) in [5.41, 5.74) is 1.97. The molecular formula is C19H24N2O6S. The fourth-order valence-electron chi connectivity index (χ4n) is 3.31. The predicted octanol–water partition coefficient (Wildman–Crippen LogP) is 1.59. The Labute approximate surface area is 163 Å². The fraction of sp³-hybridized carbons (Fsp3) is 0.474. The first-order valence-electron chi connectivity index (χ1n) is 9.07. The van der Waals surface area contributed by atoms with E-state index in [1.807, 2.05) is 17.6 Å². The second-order valence-corrected chi connectivity index (χ2v) is 9.34. The van der Waals surface area contributed by atoms with Gasteiger partial charge in [0.25, 0.3) is 5.91 Å². The van der Waals surface area contributed by atoms with E-state index in [9.17, 15) is 18.0 Å². The number of furan rings is 1. The van der Waals surface area contributed by atoms with E-state index in [1.54, 1.807) is 25.3 Å². The molecule has 0 bridgehead atoms. The monoisotopic (exact) mass is 408 g/mol. The normalized spacial score (nSPS) is 19.3. The third-order valence-corrected chi connectivity index (χ3v) is 6.69. The van der Waals surface area contributed by atoms with Crippen molar-refractivity contribution < 1.29 is 27.2 Å². The number of nitrogens with zero attached hydrogens (tertiary/aromatic N) is 1. The number of carbonyl (C=O) groups excluding carboxylic acids is 2. The first-order chi connectivity index (χ1) is 13.2. The van der Waals surface area contributed by atoms with Gasteiger partial charge in [0.15, 0.2) is 15.9 Å². The number of aryl methyl sites for hydroxylation is 1. The van der Waals surface area contributed by atoms with E-state index >= 15 is 0 Å². The van der Waals surface area contributed by atoms with E-state index in [0.29, 0.717) is 24.2 Å². The highest BCUT2D eigenvalue weighted by Gasteiger charge is 2.31. The third-order valence-electron chi connectivity index (χ3n) is 4.92. The molecule has 1 aliphatic rings. The maximum atomic E-state index is 12.6. The molecule has 152 valence electrons. The second kappa shape index (κ2) is 7.83. The van der Waals surface area contributed by atoms with Crippen LogP contribution < -0.4 is 5.32 Å². The number of nitrogens with one attached hydrogen (secondary N) is 1. The van der Waals surface area contributed by atoms with Crippen LogP contribution in [-0.4, -0.2) is 48.5 Å². The highest BCUT2D eigenvalue weighted by atomic mass is 32.2. The van der Waals surface area contributed by atoms with Gasteiger partial charge in [-0.2, -0.15) is 0 Å². The highest BCUT2D eigenvalue weighted by molar-refractivity contribution is 7.91. The van der Waals surface area contributed by atoms with Crippen molar-refractivity contribution in [2.45, 2.75) is 45.9 Å². The molecule has 3 rings (SSSR count). The summed E-state index contributed by atoms with van der Waals surface area (Å²) < 4.78 is 35.6. The maximum absolute atomic E-state index is 12.6. The molecule has 1 N–H and O–H groups in total. The minimum Gasteiger partial charge on any atom is -0.467 e. The number of rotatable bonds is 6. The van der Waals surface area contributed by atoms with Gasteiger partial charge in [0.2, 0.25) is 0 Å². The van der Waals surface area contributed by atoms with Crippen molar-refractivity contribution in [3.05, 3.63) is 47.2 Å². The Morgan fingerprint density at radius 3 is 2.75 bits per heavy atom. The Bertz CT molecular complexity index is 974. The number of ether oxygens (including phenoxy) is 1. The molecule has 0 aromatic carbocycles. The molecule has 2 aromatic heterocycles. The fourth-order valence-corrected chi connectivity index (χ4v) is 4.99. The van der Waals surface area contributed by atoms with Crippen LogP contribution in [0.25, 0.3) is 0 Å². The standard InChI is InChI=1S/C19H24N2O6S/c1-12-9-17(13(2)21(12)10-16-5-4-7-26-16)19(23)27-14(3)18(22)20-15-6-8-28(24,25)11-15/h4-5,7,9,14-15H,6,8,10-11H2,1-3H3,(H,20,22)/t14-,15+/m1/s1. The van der Waals surface area contributed by atoms with Gasteiger partial charge in [-0.05, 0) is 45.4 Å². The van der Waals surface area contributed by atoms with Crippen LogP contribution in [0.3, 0.4) is 0 Å². The molecule has 8 nitrogen and oxygen atoms in total. The Balaban J connectivity index is 1.63. The lowest BCUT2D eigenvalue weighted by Gasteiger charge is -2.16. The molecule has 0 spiro atoms. The van der Waals surface area contributed by atoms with Gasteiger partial charge in [-0.15, -0.1) is 0 Å². The van der Waals surface area contributed by atoms with Gasteiger partial charge in [0.05, 0.1) is 29.9 Å². The molecule has 1 aliphatic heterocycles. The molecule has 1 fully saturated rings. The largest absolute Gasteiger partial charge is 0.467 e. The number of amides is 1. The molecule has 1 saturated heterocycles. The molecular weight excluding hydrogens is 384 g/mol. The Morgan fingerprint density at radius 1 is 1.39 bits per heavy atom. The van der Waals surface area contributed by atoms with E-state index in [1.165, 1.54) is 6.92 Å². The summed E-state index contributed by atoms with van der Waals surface area (Å²) in [6, 6.07) is 4.94. The van der Waals surface area contributed by atoms with Crippen molar-refractivity contribution >= 4 is 21.7 Å². The molecule has 0 radical (unpaired) electrons. The third kappa shape index (κ3) is 4.46. The number of sulfone groups is 1. The zero-order chi connectivity index (χ0) is 20.5. The molecule has 28 heavy (non-hydrogen) atoms. The lowest BCUT2D eigenvalue weighted by Crippen LogP contribution is -2.42. The van der Waals surface area contributed by atoms with Crippen molar-refractivity contribution in [3.8, 4) is 0 Å². The maximum Gasteiger partial charge on any atom is 0.340 e. The summed E-state index contributed by atoms with van der Waals surface area (Å²) in [6.45, 7) is 5.65. The van der Waals surface area contributed by atoms with Crippen molar-refractivity contribution in [2.75, 3.05) is 11.5 Å². The number of carbonyl (C=O) groups is 2. The van der Waals surface area contributed by atoms with Crippen LogP contribution in [0, 0.1) is 13.8 Å². The highest BCUT2D eigenvalue weighted by Crippen LogP contribution is 2.19. The Kier molecular flexibility index (Phi) is 5.64. The van der Waals surface area contributed by atoms with Gasteiger partial charge in [0, 0.05) is 17.4 Å². The number of hydrogen-bond donors (Lipinski definition) is 1. The molecule has 3 heterocycles. The van der Waals surface area contributed by atoms with E-state index in [0.717, 1.165) is 11.5 Å². The number of hydrogen-bond acceptors (Lipinski definition) is 6. The van der Waals surface area contributed by atoms with Gasteiger partial charge in [-0.1, -0.05) is 0 Å². The molecule has 0 unspecified atom stereocenters. The summed E-state index contributed by atoms with van der Waals surface area (Å²) in [7, 11) is -3.09. The number of aromatic nitrogens is 1. The molecule has 2 atom stereocenters. The van der Waals surface area contributed by atoms with E-state index < -0.39 is 33.9 Å². The van der Waals surface area contributed by atoms with Crippen molar-refractivity contribution in [1.29, 1.82) is 0 Å². The molecule has 0 aliphatic carbocycles. The Hall–Kier alpha value is -2.55. The minimum absolute atomic E-state index is 0.0633. The summed E-state index contributed by atoms with van der Waals surface area (Å²) in [5.74, 6) is -0.345. The summed E-state index contributed by atoms with van der Waals surface area (Å²) >= 11 is 0. The van der Waals surface area contributed by atoms with Gasteiger partial charge >= 0.3 is 5.97 Å². The average Bonchev–Trinajstić information content (AvgIpc) is 3.31. The van der Waals surface area contributed by atoms with Crippen LogP contribution in [0.4, 0.5) is 0 Å². The topological polar surface area (TPSA) is 108 Å². The van der Waals surface area contributed by atoms with Crippen LogP contribution in [0.2, 0.25) is 0 Å². The van der Waals surface area contributed by atoms with Gasteiger partial charge < -0.3 is 19.0 Å². The molecule has 1 amide bonds. The smallest absolute Gasteiger partial charge is 0.340 e. The summed E-state index contributed by atoms with van der Waals surface area (Å²) in [4.78, 5) is 24.8.